The van der Waals surface area contributed by atoms with Crippen molar-refractivity contribution in [2.24, 2.45) is 0 Å². The molecular weight excluding hydrogens is 235 g/mol. The van der Waals surface area contributed by atoms with Gasteiger partial charge in [-0.1, -0.05) is 0 Å². The van der Waals surface area contributed by atoms with Crippen molar-refractivity contribution in [2.75, 3.05) is 13.7 Å². The van der Waals surface area contributed by atoms with Gasteiger partial charge >= 0.3 is 6.36 Å². The molecule has 1 aliphatic rings. The molecule has 1 saturated heterocycles. The molecule has 0 unspecified atom stereocenters. The second-order valence-electron chi connectivity index (χ2n) is 3.75. The predicted molar refractivity (Wildman–Crippen MR) is 55.0 cm³/mol. The highest BCUT2D eigenvalue weighted by Crippen LogP contribution is 2.35. The Balaban J connectivity index is 2.24. The molecule has 1 aromatic carbocycles. The molecule has 0 amide bonds. The fourth-order valence-electron chi connectivity index (χ4n) is 1.74. The molecule has 6 heteroatoms. The maximum atomic E-state index is 12.1. The summed E-state index contributed by atoms with van der Waals surface area (Å²) in [6, 6.07) is 4.13. The van der Waals surface area contributed by atoms with Gasteiger partial charge in [0.2, 0.25) is 0 Å². The number of benzene rings is 1. The van der Waals surface area contributed by atoms with Crippen molar-refractivity contribution in [1.29, 1.82) is 0 Å². The van der Waals surface area contributed by atoms with Gasteiger partial charge in [0.25, 0.3) is 0 Å². The smallest absolute Gasteiger partial charge is 0.496 e. The quantitative estimate of drug-likeness (QED) is 0.890. The molecule has 94 valence electrons. The van der Waals surface area contributed by atoms with Gasteiger partial charge in [-0.05, 0) is 31.2 Å². The molecule has 0 saturated carbocycles. The van der Waals surface area contributed by atoms with Crippen LogP contribution in [0.3, 0.4) is 0 Å². The van der Waals surface area contributed by atoms with Gasteiger partial charge in [-0.15, -0.1) is 13.2 Å². The van der Waals surface area contributed by atoms with Crippen LogP contribution in [0.5, 0.6) is 11.5 Å². The second-order valence-corrected chi connectivity index (χ2v) is 3.75. The van der Waals surface area contributed by atoms with Crippen LogP contribution in [0.25, 0.3) is 0 Å². The zero-order valence-corrected chi connectivity index (χ0v) is 9.17. The average molecular weight is 247 g/mol. The van der Waals surface area contributed by atoms with E-state index in [2.05, 4.69) is 10.1 Å². The molecular formula is C11H12F3NO2. The van der Waals surface area contributed by atoms with E-state index in [0.717, 1.165) is 13.0 Å². The third kappa shape index (κ3) is 2.82. The zero-order chi connectivity index (χ0) is 12.5. The molecule has 0 spiro atoms. The van der Waals surface area contributed by atoms with Crippen LogP contribution in [0.2, 0.25) is 0 Å². The van der Waals surface area contributed by atoms with Gasteiger partial charge in [0.15, 0.2) is 0 Å². The van der Waals surface area contributed by atoms with Gasteiger partial charge in [0, 0.05) is 11.6 Å². The standard InChI is InChI=1S/C11H12F3NO2/c1-16-10-3-2-7(17-11(12,13)14)6-8(10)9-4-5-15-9/h2-3,6,9,15H,4-5H2,1H3/t9-/m0/s1. The van der Waals surface area contributed by atoms with Gasteiger partial charge in [-0.25, -0.2) is 0 Å². The van der Waals surface area contributed by atoms with Crippen molar-refractivity contribution < 1.29 is 22.6 Å². The molecule has 1 aliphatic heterocycles. The van der Waals surface area contributed by atoms with E-state index in [1.54, 1.807) is 0 Å². The lowest BCUT2D eigenvalue weighted by Crippen LogP contribution is -2.35. The Morgan fingerprint density at radius 1 is 1.35 bits per heavy atom. The van der Waals surface area contributed by atoms with E-state index in [1.807, 2.05) is 0 Å². The summed E-state index contributed by atoms with van der Waals surface area (Å²) in [5.41, 5.74) is 0.695. The first-order chi connectivity index (χ1) is 7.99. The van der Waals surface area contributed by atoms with E-state index in [0.29, 0.717) is 11.3 Å². The highest BCUT2D eigenvalue weighted by atomic mass is 19.4. The van der Waals surface area contributed by atoms with Crippen molar-refractivity contribution in [1.82, 2.24) is 5.32 Å². The Labute approximate surface area is 96.5 Å². The summed E-state index contributed by atoms with van der Waals surface area (Å²) < 4.78 is 45.2. The maximum Gasteiger partial charge on any atom is 0.573 e. The van der Waals surface area contributed by atoms with Crippen molar-refractivity contribution in [3.8, 4) is 11.5 Å². The highest BCUT2D eigenvalue weighted by molar-refractivity contribution is 5.43. The van der Waals surface area contributed by atoms with Crippen LogP contribution in [0.15, 0.2) is 18.2 Å². The molecule has 17 heavy (non-hydrogen) atoms. The highest BCUT2D eigenvalue weighted by Gasteiger charge is 2.32. The summed E-state index contributed by atoms with van der Waals surface area (Å²) in [7, 11) is 1.49. The summed E-state index contributed by atoms with van der Waals surface area (Å²) in [5.74, 6) is 0.346. The molecule has 1 fully saturated rings. The van der Waals surface area contributed by atoms with Gasteiger partial charge in [0.05, 0.1) is 7.11 Å². The van der Waals surface area contributed by atoms with E-state index in [9.17, 15) is 13.2 Å². The SMILES string of the molecule is COc1ccc(OC(F)(F)F)cc1[C@@H]1CCN1. The number of halogens is 3. The van der Waals surface area contributed by atoms with E-state index in [-0.39, 0.29) is 11.8 Å². The third-order valence-electron chi connectivity index (χ3n) is 2.63. The number of nitrogens with one attached hydrogen (secondary N) is 1. The Morgan fingerprint density at radius 2 is 2.06 bits per heavy atom. The van der Waals surface area contributed by atoms with Crippen LogP contribution >= 0.6 is 0 Å². The Hall–Kier alpha value is -1.43. The number of hydrogen-bond donors (Lipinski definition) is 1. The van der Waals surface area contributed by atoms with E-state index in [4.69, 9.17) is 4.74 Å². The molecule has 0 aromatic heterocycles. The Morgan fingerprint density at radius 3 is 2.53 bits per heavy atom. The van der Waals surface area contributed by atoms with Crippen molar-refractivity contribution in [2.45, 2.75) is 18.8 Å². The number of rotatable bonds is 3. The molecule has 0 bridgehead atoms. The number of ether oxygens (including phenoxy) is 2. The topological polar surface area (TPSA) is 30.5 Å². The first-order valence-corrected chi connectivity index (χ1v) is 5.16. The molecule has 0 radical (unpaired) electrons. The number of methoxy groups -OCH3 is 1. The van der Waals surface area contributed by atoms with Crippen LogP contribution < -0.4 is 14.8 Å². The summed E-state index contributed by atoms with van der Waals surface area (Å²) in [6.45, 7) is 0.859. The Bertz CT molecular complexity index is 402. The summed E-state index contributed by atoms with van der Waals surface area (Å²) in [4.78, 5) is 0. The molecule has 2 rings (SSSR count). The molecule has 1 aromatic rings. The minimum Gasteiger partial charge on any atom is -0.496 e. The monoisotopic (exact) mass is 247 g/mol. The maximum absolute atomic E-state index is 12.1. The summed E-state index contributed by atoms with van der Waals surface area (Å²) >= 11 is 0. The molecule has 1 atom stereocenters. The number of alkyl halides is 3. The first-order valence-electron chi connectivity index (χ1n) is 5.16. The minimum atomic E-state index is -4.67. The van der Waals surface area contributed by atoms with Crippen LogP contribution in [-0.2, 0) is 0 Å². The van der Waals surface area contributed by atoms with E-state index >= 15 is 0 Å². The van der Waals surface area contributed by atoms with Crippen molar-refractivity contribution in [3.05, 3.63) is 23.8 Å². The van der Waals surface area contributed by atoms with Gasteiger partial charge in [-0.2, -0.15) is 0 Å². The average Bonchev–Trinajstić information content (AvgIpc) is 2.13. The van der Waals surface area contributed by atoms with Gasteiger partial charge in [-0.3, -0.25) is 0 Å². The van der Waals surface area contributed by atoms with Crippen LogP contribution in [0.4, 0.5) is 13.2 Å². The van der Waals surface area contributed by atoms with Gasteiger partial charge < -0.3 is 14.8 Å². The van der Waals surface area contributed by atoms with Crippen molar-refractivity contribution in [3.63, 3.8) is 0 Å². The molecule has 3 nitrogen and oxygen atoms in total. The normalized spacial score (nSPS) is 19.6. The van der Waals surface area contributed by atoms with E-state index < -0.39 is 6.36 Å². The van der Waals surface area contributed by atoms with Crippen molar-refractivity contribution >= 4 is 0 Å². The third-order valence-corrected chi connectivity index (χ3v) is 2.63. The fraction of sp³-hybridized carbons (Fsp3) is 0.455. The minimum absolute atomic E-state index is 0.0433. The summed E-state index contributed by atoms with van der Waals surface area (Å²) in [6.07, 6.45) is -3.79. The fourth-order valence-corrected chi connectivity index (χ4v) is 1.74. The predicted octanol–water partition coefficient (Wildman–Crippen LogP) is 2.63. The largest absolute Gasteiger partial charge is 0.573 e. The van der Waals surface area contributed by atoms with Crippen LogP contribution in [0, 0.1) is 0 Å². The van der Waals surface area contributed by atoms with E-state index in [1.165, 1.54) is 25.3 Å². The van der Waals surface area contributed by atoms with Gasteiger partial charge in [0.1, 0.15) is 11.5 Å². The Kier molecular flexibility index (Phi) is 3.15. The lowest BCUT2D eigenvalue weighted by molar-refractivity contribution is -0.274. The summed E-state index contributed by atoms with van der Waals surface area (Å²) in [5, 5.41) is 3.11. The number of hydrogen-bond acceptors (Lipinski definition) is 3. The van der Waals surface area contributed by atoms with Crippen LogP contribution in [-0.4, -0.2) is 20.0 Å². The molecule has 1 heterocycles. The second kappa shape index (κ2) is 4.44. The first kappa shape index (κ1) is 12.0. The van der Waals surface area contributed by atoms with Crippen LogP contribution in [0.1, 0.15) is 18.0 Å². The zero-order valence-electron chi connectivity index (χ0n) is 9.17. The molecule has 0 aliphatic carbocycles. The molecule has 1 N–H and O–H groups in total. The lowest BCUT2D eigenvalue weighted by Gasteiger charge is -2.29. The lowest BCUT2D eigenvalue weighted by atomic mass is 9.97.